The molecule has 1 aliphatic rings. The van der Waals surface area contributed by atoms with Crippen LogP contribution < -0.4 is 10.6 Å². The quantitative estimate of drug-likeness (QED) is 0.764. The molecule has 2 rings (SSSR count). The molecule has 0 atom stereocenters. The average Bonchev–Trinajstić information content (AvgIpc) is 3.02. The highest BCUT2D eigenvalue weighted by Gasteiger charge is 2.22. The number of anilines is 1. The Kier molecular flexibility index (Phi) is 3.99. The van der Waals surface area contributed by atoms with Crippen molar-refractivity contribution in [3.8, 4) is 0 Å². The van der Waals surface area contributed by atoms with Crippen molar-refractivity contribution in [1.29, 1.82) is 0 Å². The highest BCUT2D eigenvalue weighted by Crippen LogP contribution is 2.21. The van der Waals surface area contributed by atoms with Crippen LogP contribution in [0.15, 0.2) is 0 Å². The van der Waals surface area contributed by atoms with Gasteiger partial charge in [0.1, 0.15) is 0 Å². The summed E-state index contributed by atoms with van der Waals surface area (Å²) >= 11 is 1.67. The third-order valence-corrected chi connectivity index (χ3v) is 3.86. The van der Waals surface area contributed by atoms with Gasteiger partial charge in [0.15, 0.2) is 5.13 Å². The highest BCUT2D eigenvalue weighted by atomic mass is 32.1. The third-order valence-electron chi connectivity index (χ3n) is 2.83. The maximum absolute atomic E-state index is 11.4. The number of carbonyl (C=O) groups is 1. The zero-order chi connectivity index (χ0) is 12.3. The van der Waals surface area contributed by atoms with E-state index >= 15 is 0 Å². The molecule has 1 aliphatic carbocycles. The number of nitrogens with zero attached hydrogens (tertiary/aromatic N) is 1. The second kappa shape index (κ2) is 5.49. The summed E-state index contributed by atoms with van der Waals surface area (Å²) in [6.07, 6.45) is 3.77. The van der Waals surface area contributed by atoms with Crippen LogP contribution in [0.4, 0.5) is 5.13 Å². The molecule has 1 saturated carbocycles. The minimum Gasteiger partial charge on any atom is -0.361 e. The standard InChI is InChI=1S/C12H19N3OS/c1-8-9(2)17-12(14-8)13-7-3-4-11(16)15-10-5-6-10/h10H,3-7H2,1-2H3,(H,13,14)(H,15,16). The Bertz CT molecular complexity index is 379. The van der Waals surface area contributed by atoms with E-state index in [0.717, 1.165) is 36.6 Å². The summed E-state index contributed by atoms with van der Waals surface area (Å²) in [6.45, 7) is 4.89. The highest BCUT2D eigenvalue weighted by molar-refractivity contribution is 7.15. The molecule has 1 amide bonds. The second-order valence-electron chi connectivity index (χ2n) is 4.53. The molecule has 0 aromatic carbocycles. The molecule has 2 N–H and O–H groups in total. The van der Waals surface area contributed by atoms with Gasteiger partial charge >= 0.3 is 0 Å². The van der Waals surface area contributed by atoms with Gasteiger partial charge in [-0.25, -0.2) is 4.98 Å². The molecule has 1 aromatic heterocycles. The molecule has 0 bridgehead atoms. The normalized spacial score (nSPS) is 14.7. The molecule has 5 heteroatoms. The SMILES string of the molecule is Cc1nc(NCCCC(=O)NC2CC2)sc1C. The van der Waals surface area contributed by atoms with E-state index in [1.807, 2.05) is 6.92 Å². The minimum atomic E-state index is 0.181. The van der Waals surface area contributed by atoms with Crippen LogP contribution in [0.5, 0.6) is 0 Å². The number of rotatable bonds is 6. The Hall–Kier alpha value is -1.10. The van der Waals surface area contributed by atoms with E-state index in [0.29, 0.717) is 12.5 Å². The fourth-order valence-corrected chi connectivity index (χ4v) is 2.36. The lowest BCUT2D eigenvalue weighted by Gasteiger charge is -2.03. The molecule has 1 fully saturated rings. The maximum atomic E-state index is 11.4. The van der Waals surface area contributed by atoms with Gasteiger partial charge in [-0.05, 0) is 33.1 Å². The second-order valence-corrected chi connectivity index (χ2v) is 5.74. The number of hydrogen-bond acceptors (Lipinski definition) is 4. The van der Waals surface area contributed by atoms with E-state index in [9.17, 15) is 4.79 Å². The van der Waals surface area contributed by atoms with Gasteiger partial charge in [-0.1, -0.05) is 0 Å². The van der Waals surface area contributed by atoms with E-state index < -0.39 is 0 Å². The van der Waals surface area contributed by atoms with Crippen LogP contribution >= 0.6 is 11.3 Å². The molecular weight excluding hydrogens is 234 g/mol. The van der Waals surface area contributed by atoms with Crippen LogP contribution in [0.1, 0.15) is 36.3 Å². The largest absolute Gasteiger partial charge is 0.361 e. The minimum absolute atomic E-state index is 0.181. The van der Waals surface area contributed by atoms with Gasteiger partial charge in [-0.15, -0.1) is 11.3 Å². The number of aryl methyl sites for hydroxylation is 2. The topological polar surface area (TPSA) is 54.0 Å². The molecule has 0 radical (unpaired) electrons. The lowest BCUT2D eigenvalue weighted by atomic mass is 10.3. The number of aromatic nitrogens is 1. The van der Waals surface area contributed by atoms with Gasteiger partial charge in [0.05, 0.1) is 5.69 Å². The Balaban J connectivity index is 1.60. The van der Waals surface area contributed by atoms with Crippen molar-refractivity contribution in [3.05, 3.63) is 10.6 Å². The summed E-state index contributed by atoms with van der Waals surface area (Å²) < 4.78 is 0. The first-order valence-electron chi connectivity index (χ1n) is 6.12. The van der Waals surface area contributed by atoms with Crippen molar-refractivity contribution in [2.45, 2.75) is 45.6 Å². The number of amides is 1. The molecular formula is C12H19N3OS. The van der Waals surface area contributed by atoms with Crippen LogP contribution in [0.2, 0.25) is 0 Å². The number of hydrogen-bond donors (Lipinski definition) is 2. The summed E-state index contributed by atoms with van der Waals surface area (Å²) in [7, 11) is 0. The molecule has 1 heterocycles. The van der Waals surface area contributed by atoms with Crippen molar-refractivity contribution in [1.82, 2.24) is 10.3 Å². The van der Waals surface area contributed by atoms with Crippen molar-refractivity contribution in [2.75, 3.05) is 11.9 Å². The molecule has 0 aliphatic heterocycles. The predicted molar refractivity (Wildman–Crippen MR) is 70.5 cm³/mol. The Labute approximate surface area is 106 Å². The number of nitrogens with one attached hydrogen (secondary N) is 2. The van der Waals surface area contributed by atoms with Gasteiger partial charge in [-0.2, -0.15) is 0 Å². The molecule has 4 nitrogen and oxygen atoms in total. The Morgan fingerprint density at radius 3 is 2.82 bits per heavy atom. The van der Waals surface area contributed by atoms with Crippen LogP contribution in [0.3, 0.4) is 0 Å². The summed E-state index contributed by atoms with van der Waals surface area (Å²) in [5, 5.41) is 7.20. The van der Waals surface area contributed by atoms with Gasteiger partial charge < -0.3 is 10.6 Å². The van der Waals surface area contributed by atoms with Gasteiger partial charge in [0.25, 0.3) is 0 Å². The van der Waals surface area contributed by atoms with E-state index in [1.165, 1.54) is 4.88 Å². The maximum Gasteiger partial charge on any atom is 0.220 e. The van der Waals surface area contributed by atoms with E-state index in [4.69, 9.17) is 0 Å². The van der Waals surface area contributed by atoms with Crippen molar-refractivity contribution in [2.24, 2.45) is 0 Å². The van der Waals surface area contributed by atoms with Gasteiger partial charge in [-0.3, -0.25) is 4.79 Å². The van der Waals surface area contributed by atoms with Crippen molar-refractivity contribution >= 4 is 22.4 Å². The first-order chi connectivity index (χ1) is 8.15. The fourth-order valence-electron chi connectivity index (χ4n) is 1.52. The zero-order valence-electron chi connectivity index (χ0n) is 10.4. The van der Waals surface area contributed by atoms with Crippen LogP contribution in [0.25, 0.3) is 0 Å². The van der Waals surface area contributed by atoms with Crippen molar-refractivity contribution in [3.63, 3.8) is 0 Å². The van der Waals surface area contributed by atoms with E-state index in [2.05, 4.69) is 22.5 Å². The Morgan fingerprint density at radius 2 is 2.24 bits per heavy atom. The zero-order valence-corrected chi connectivity index (χ0v) is 11.2. The van der Waals surface area contributed by atoms with Crippen molar-refractivity contribution < 1.29 is 4.79 Å². The lowest BCUT2D eigenvalue weighted by Crippen LogP contribution is -2.25. The van der Waals surface area contributed by atoms with Gasteiger partial charge in [0.2, 0.25) is 5.91 Å². The van der Waals surface area contributed by atoms with Crippen LogP contribution in [0, 0.1) is 13.8 Å². The third kappa shape index (κ3) is 4.00. The van der Waals surface area contributed by atoms with Gasteiger partial charge in [0, 0.05) is 23.9 Å². The number of carbonyl (C=O) groups excluding carboxylic acids is 1. The van der Waals surface area contributed by atoms with Crippen LogP contribution in [-0.2, 0) is 4.79 Å². The van der Waals surface area contributed by atoms with Crippen LogP contribution in [-0.4, -0.2) is 23.5 Å². The number of thiazole rings is 1. The summed E-state index contributed by atoms with van der Waals surface area (Å²) in [5.74, 6) is 0.181. The molecule has 0 spiro atoms. The fraction of sp³-hybridized carbons (Fsp3) is 0.667. The molecule has 94 valence electrons. The summed E-state index contributed by atoms with van der Waals surface area (Å²) in [5.41, 5.74) is 1.09. The smallest absolute Gasteiger partial charge is 0.220 e. The lowest BCUT2D eigenvalue weighted by molar-refractivity contribution is -0.121. The first-order valence-corrected chi connectivity index (χ1v) is 6.94. The monoisotopic (exact) mass is 253 g/mol. The first kappa shape index (κ1) is 12.4. The molecule has 1 aromatic rings. The predicted octanol–water partition coefficient (Wildman–Crippen LogP) is 2.23. The molecule has 17 heavy (non-hydrogen) atoms. The molecule has 0 unspecified atom stereocenters. The van der Waals surface area contributed by atoms with E-state index in [-0.39, 0.29) is 5.91 Å². The summed E-state index contributed by atoms with van der Waals surface area (Å²) in [6, 6.07) is 0.472. The molecule has 0 saturated heterocycles. The summed E-state index contributed by atoms with van der Waals surface area (Å²) in [4.78, 5) is 17.1. The average molecular weight is 253 g/mol. The van der Waals surface area contributed by atoms with E-state index in [1.54, 1.807) is 11.3 Å². The Morgan fingerprint density at radius 1 is 1.47 bits per heavy atom.